The number of halogens is 1. The van der Waals surface area contributed by atoms with Gasteiger partial charge in [-0.3, -0.25) is 9.59 Å². The first-order chi connectivity index (χ1) is 13.1. The zero-order valence-electron chi connectivity index (χ0n) is 15.4. The number of rotatable bonds is 9. The van der Waals surface area contributed by atoms with Crippen LogP contribution in [0.3, 0.4) is 0 Å². The van der Waals surface area contributed by atoms with Crippen molar-refractivity contribution in [2.45, 2.75) is 32.7 Å². The van der Waals surface area contributed by atoms with Crippen LogP contribution in [0, 0.1) is 5.82 Å². The lowest BCUT2D eigenvalue weighted by Gasteiger charge is -2.13. The normalized spacial score (nSPS) is 11.3. The molecule has 1 aromatic carbocycles. The van der Waals surface area contributed by atoms with Gasteiger partial charge in [-0.15, -0.1) is 0 Å². The quantitative estimate of drug-likeness (QED) is 0.587. The number of carbonyl (C=O) groups excluding carboxylic acids is 1. The van der Waals surface area contributed by atoms with Crippen molar-refractivity contribution in [3.63, 3.8) is 0 Å². The van der Waals surface area contributed by atoms with Gasteiger partial charge in [-0.1, -0.05) is 0 Å². The molecule has 0 radical (unpaired) electrons. The van der Waals surface area contributed by atoms with Crippen LogP contribution in [0.5, 0.6) is 0 Å². The van der Waals surface area contributed by atoms with E-state index in [0.717, 1.165) is 11.9 Å². The van der Waals surface area contributed by atoms with E-state index in [9.17, 15) is 14.0 Å². The molecular formula is C20H24FN3O3. The molecule has 0 spiro atoms. The Bertz CT molecular complexity index is 993. The number of hydrogen-bond acceptors (Lipinski definition) is 3. The third-order valence-corrected chi connectivity index (χ3v) is 4.48. The number of aromatic nitrogens is 2. The molecule has 0 aliphatic heterocycles. The van der Waals surface area contributed by atoms with Crippen molar-refractivity contribution in [1.29, 1.82) is 0 Å². The number of nitrogens with one attached hydrogen (secondary N) is 1. The van der Waals surface area contributed by atoms with E-state index in [2.05, 4.69) is 5.32 Å². The minimum Gasteiger partial charge on any atom is -0.382 e. The van der Waals surface area contributed by atoms with Crippen molar-refractivity contribution in [1.82, 2.24) is 14.3 Å². The zero-order valence-corrected chi connectivity index (χ0v) is 15.4. The highest BCUT2D eigenvalue weighted by molar-refractivity contribution is 5.79. The van der Waals surface area contributed by atoms with Gasteiger partial charge in [0.25, 0.3) is 5.56 Å². The number of nitrogens with zero attached hydrogens (tertiary/aromatic N) is 2. The molecule has 144 valence electrons. The maximum atomic E-state index is 13.8. The summed E-state index contributed by atoms with van der Waals surface area (Å²) in [6.07, 6.45) is 3.37. The van der Waals surface area contributed by atoms with Crippen LogP contribution in [0.4, 0.5) is 4.39 Å². The first-order valence-corrected chi connectivity index (χ1v) is 9.25. The summed E-state index contributed by atoms with van der Waals surface area (Å²) in [4.78, 5) is 24.7. The summed E-state index contributed by atoms with van der Waals surface area (Å²) in [5.41, 5.74) is 1.64. The number of fused-ring (bicyclic) bond motifs is 3. The van der Waals surface area contributed by atoms with Crippen molar-refractivity contribution >= 4 is 22.5 Å². The summed E-state index contributed by atoms with van der Waals surface area (Å²) in [6.45, 7) is 4.15. The number of carbonyl (C=O) groups is 1. The summed E-state index contributed by atoms with van der Waals surface area (Å²) in [6, 6.07) is 7.95. The fourth-order valence-corrected chi connectivity index (χ4v) is 3.18. The molecule has 0 unspecified atom stereocenters. The lowest BCUT2D eigenvalue weighted by atomic mass is 10.2. The Balaban J connectivity index is 1.69. The van der Waals surface area contributed by atoms with Crippen LogP contribution in [-0.2, 0) is 16.1 Å². The molecule has 7 heteroatoms. The third kappa shape index (κ3) is 4.36. The van der Waals surface area contributed by atoms with Gasteiger partial charge in [-0.25, -0.2) is 4.39 Å². The monoisotopic (exact) mass is 373 g/mol. The summed E-state index contributed by atoms with van der Waals surface area (Å²) < 4.78 is 22.3. The maximum absolute atomic E-state index is 13.8. The van der Waals surface area contributed by atoms with Gasteiger partial charge in [0.05, 0.1) is 11.0 Å². The number of aryl methyl sites for hydroxylation is 1. The van der Waals surface area contributed by atoms with Gasteiger partial charge in [0.1, 0.15) is 11.3 Å². The van der Waals surface area contributed by atoms with Gasteiger partial charge in [-0.2, -0.15) is 0 Å². The molecule has 0 atom stereocenters. The molecule has 1 N–H and O–H groups in total. The van der Waals surface area contributed by atoms with E-state index in [4.69, 9.17) is 4.74 Å². The smallest absolute Gasteiger partial charge is 0.275 e. The maximum Gasteiger partial charge on any atom is 0.275 e. The average molecular weight is 373 g/mol. The van der Waals surface area contributed by atoms with Crippen LogP contribution in [0.1, 0.15) is 26.2 Å². The van der Waals surface area contributed by atoms with Gasteiger partial charge < -0.3 is 19.0 Å². The highest BCUT2D eigenvalue weighted by Crippen LogP contribution is 2.17. The van der Waals surface area contributed by atoms with Crippen molar-refractivity contribution < 1.29 is 13.9 Å². The van der Waals surface area contributed by atoms with E-state index in [1.165, 1.54) is 12.1 Å². The zero-order chi connectivity index (χ0) is 19.2. The van der Waals surface area contributed by atoms with Crippen LogP contribution < -0.4 is 10.9 Å². The minimum atomic E-state index is -0.394. The van der Waals surface area contributed by atoms with E-state index in [0.29, 0.717) is 50.2 Å². The first kappa shape index (κ1) is 19.1. The Morgan fingerprint density at radius 3 is 2.85 bits per heavy atom. The molecule has 0 fully saturated rings. The largest absolute Gasteiger partial charge is 0.382 e. The van der Waals surface area contributed by atoms with Gasteiger partial charge in [0, 0.05) is 38.9 Å². The number of amides is 1. The van der Waals surface area contributed by atoms with E-state index >= 15 is 0 Å². The molecule has 6 nitrogen and oxygen atoms in total. The predicted octanol–water partition coefficient (Wildman–Crippen LogP) is 2.72. The average Bonchev–Trinajstić information content (AvgIpc) is 3.14. The van der Waals surface area contributed by atoms with Crippen molar-refractivity contribution in [2.75, 3.05) is 19.8 Å². The highest BCUT2D eigenvalue weighted by atomic mass is 19.1. The fourth-order valence-electron chi connectivity index (χ4n) is 3.18. The highest BCUT2D eigenvalue weighted by Gasteiger charge is 2.11. The molecule has 0 saturated heterocycles. The van der Waals surface area contributed by atoms with E-state index in [1.807, 2.05) is 6.92 Å². The summed E-state index contributed by atoms with van der Waals surface area (Å²) >= 11 is 0. The molecule has 0 aliphatic rings. The van der Waals surface area contributed by atoms with Gasteiger partial charge in [-0.05, 0) is 50.1 Å². The van der Waals surface area contributed by atoms with Crippen molar-refractivity contribution in [3.8, 4) is 0 Å². The van der Waals surface area contributed by atoms with Crippen LogP contribution in [-0.4, -0.2) is 34.6 Å². The molecule has 27 heavy (non-hydrogen) atoms. The molecule has 2 heterocycles. The molecule has 1 amide bonds. The standard InChI is InChI=1S/C20H24FN3O3/c1-2-27-13-5-10-22-19(25)7-4-12-24-18-14-15(21)8-9-16(18)23-11-3-6-17(23)20(24)26/h3,6,8-9,11,14H,2,4-5,7,10,12-13H2,1H3,(H,22,25). The fraction of sp³-hybridized carbons (Fsp3) is 0.400. The number of hydrogen-bond donors (Lipinski definition) is 1. The number of ether oxygens (including phenoxy) is 1. The van der Waals surface area contributed by atoms with E-state index < -0.39 is 5.82 Å². The minimum absolute atomic E-state index is 0.0567. The van der Waals surface area contributed by atoms with Gasteiger partial charge >= 0.3 is 0 Å². The van der Waals surface area contributed by atoms with Crippen LogP contribution in [0.25, 0.3) is 16.6 Å². The molecule has 0 bridgehead atoms. The number of benzene rings is 1. The topological polar surface area (TPSA) is 64.7 Å². The molecule has 0 saturated carbocycles. The molecular weight excluding hydrogens is 349 g/mol. The second kappa shape index (κ2) is 8.81. The second-order valence-electron chi connectivity index (χ2n) is 6.36. The molecule has 0 aliphatic carbocycles. The van der Waals surface area contributed by atoms with Crippen molar-refractivity contribution in [3.05, 3.63) is 52.7 Å². The summed E-state index contributed by atoms with van der Waals surface area (Å²) in [5, 5.41) is 2.84. The first-order valence-electron chi connectivity index (χ1n) is 9.25. The SMILES string of the molecule is CCOCCCNC(=O)CCCn1c(=O)c2cccn2c2ccc(F)cc21. The molecule has 3 rings (SSSR count). The van der Waals surface area contributed by atoms with E-state index in [-0.39, 0.29) is 11.5 Å². The Labute approximate surface area is 156 Å². The van der Waals surface area contributed by atoms with E-state index in [1.54, 1.807) is 33.4 Å². The van der Waals surface area contributed by atoms with Crippen LogP contribution in [0.2, 0.25) is 0 Å². The Morgan fingerprint density at radius 2 is 2.04 bits per heavy atom. The lowest BCUT2D eigenvalue weighted by Crippen LogP contribution is -2.27. The Kier molecular flexibility index (Phi) is 6.24. The summed E-state index contributed by atoms with van der Waals surface area (Å²) in [7, 11) is 0. The van der Waals surface area contributed by atoms with Crippen LogP contribution >= 0.6 is 0 Å². The molecule has 2 aromatic heterocycles. The molecule has 3 aromatic rings. The lowest BCUT2D eigenvalue weighted by molar-refractivity contribution is -0.121. The van der Waals surface area contributed by atoms with Gasteiger partial charge in [0.15, 0.2) is 0 Å². The third-order valence-electron chi connectivity index (χ3n) is 4.48. The second-order valence-corrected chi connectivity index (χ2v) is 6.36. The van der Waals surface area contributed by atoms with Gasteiger partial charge in [0.2, 0.25) is 5.91 Å². The Hall–Kier alpha value is -2.67. The Morgan fingerprint density at radius 1 is 1.19 bits per heavy atom. The summed E-state index contributed by atoms with van der Waals surface area (Å²) in [5.74, 6) is -0.451. The van der Waals surface area contributed by atoms with Crippen LogP contribution in [0.15, 0.2) is 41.3 Å². The van der Waals surface area contributed by atoms with Crippen molar-refractivity contribution in [2.24, 2.45) is 0 Å². The predicted molar refractivity (Wildman–Crippen MR) is 102 cm³/mol.